The lowest BCUT2D eigenvalue weighted by atomic mass is 9.86. The predicted octanol–water partition coefficient (Wildman–Crippen LogP) is 2.51. The SMILES string of the molecule is C[C@@H](N)c1ccc(C(C)(C)C#N)cc1. The molecule has 1 aromatic rings. The third kappa shape index (κ3) is 2.12. The van der Waals surface area contributed by atoms with Crippen LogP contribution in [0.25, 0.3) is 0 Å². The average Bonchev–Trinajstić information content (AvgIpc) is 2.18. The first-order valence-corrected chi connectivity index (χ1v) is 4.74. The number of nitrogens with two attached hydrogens (primary N) is 1. The highest BCUT2D eigenvalue weighted by molar-refractivity contribution is 5.33. The van der Waals surface area contributed by atoms with E-state index in [-0.39, 0.29) is 6.04 Å². The fourth-order valence-electron chi connectivity index (χ4n) is 1.27. The van der Waals surface area contributed by atoms with Gasteiger partial charge in [-0.15, -0.1) is 0 Å². The van der Waals surface area contributed by atoms with Crippen molar-refractivity contribution in [1.29, 1.82) is 5.26 Å². The molecule has 14 heavy (non-hydrogen) atoms. The van der Waals surface area contributed by atoms with Gasteiger partial charge in [0.2, 0.25) is 0 Å². The summed E-state index contributed by atoms with van der Waals surface area (Å²) in [4.78, 5) is 0. The zero-order valence-corrected chi connectivity index (χ0v) is 8.91. The summed E-state index contributed by atoms with van der Waals surface area (Å²) in [6.07, 6.45) is 0. The molecule has 0 spiro atoms. The van der Waals surface area contributed by atoms with Crippen LogP contribution >= 0.6 is 0 Å². The fourth-order valence-corrected chi connectivity index (χ4v) is 1.27. The number of nitrogens with zero attached hydrogens (tertiary/aromatic N) is 1. The molecule has 1 rings (SSSR count). The number of hydrogen-bond acceptors (Lipinski definition) is 2. The Morgan fingerprint density at radius 3 is 2.14 bits per heavy atom. The van der Waals surface area contributed by atoms with E-state index in [0.29, 0.717) is 0 Å². The quantitative estimate of drug-likeness (QED) is 0.775. The Labute approximate surface area is 85.4 Å². The molecule has 0 unspecified atom stereocenters. The molecule has 0 fully saturated rings. The number of rotatable bonds is 2. The van der Waals surface area contributed by atoms with Crippen molar-refractivity contribution in [1.82, 2.24) is 0 Å². The van der Waals surface area contributed by atoms with Crippen molar-refractivity contribution in [2.75, 3.05) is 0 Å². The first-order valence-electron chi connectivity index (χ1n) is 4.74. The van der Waals surface area contributed by atoms with E-state index in [1.807, 2.05) is 45.0 Å². The molecule has 2 heteroatoms. The fraction of sp³-hybridized carbons (Fsp3) is 0.417. The molecule has 2 nitrogen and oxygen atoms in total. The summed E-state index contributed by atoms with van der Waals surface area (Å²) in [5, 5.41) is 8.95. The Morgan fingerprint density at radius 2 is 1.79 bits per heavy atom. The summed E-state index contributed by atoms with van der Waals surface area (Å²) in [5.41, 5.74) is 7.45. The van der Waals surface area contributed by atoms with Gasteiger partial charge in [0.25, 0.3) is 0 Å². The molecule has 0 amide bonds. The number of benzene rings is 1. The lowest BCUT2D eigenvalue weighted by Crippen LogP contribution is -2.14. The highest BCUT2D eigenvalue weighted by atomic mass is 14.6. The molecule has 0 bridgehead atoms. The summed E-state index contributed by atoms with van der Waals surface area (Å²) in [6.45, 7) is 5.77. The van der Waals surface area contributed by atoms with Gasteiger partial charge in [-0.3, -0.25) is 0 Å². The molecule has 2 N–H and O–H groups in total. The maximum absolute atomic E-state index is 8.95. The molecular weight excluding hydrogens is 172 g/mol. The first kappa shape index (κ1) is 10.7. The van der Waals surface area contributed by atoms with Crippen molar-refractivity contribution in [2.45, 2.75) is 32.2 Å². The van der Waals surface area contributed by atoms with Gasteiger partial charge >= 0.3 is 0 Å². The Hall–Kier alpha value is -1.33. The summed E-state index contributed by atoms with van der Waals surface area (Å²) in [7, 11) is 0. The van der Waals surface area contributed by atoms with E-state index < -0.39 is 5.41 Å². The van der Waals surface area contributed by atoms with Gasteiger partial charge in [0.05, 0.1) is 11.5 Å². The normalized spacial score (nSPS) is 13.4. The van der Waals surface area contributed by atoms with Gasteiger partial charge in [0, 0.05) is 6.04 Å². The van der Waals surface area contributed by atoms with Crippen molar-refractivity contribution in [3.8, 4) is 6.07 Å². The molecule has 0 aromatic heterocycles. The van der Waals surface area contributed by atoms with Gasteiger partial charge in [-0.25, -0.2) is 0 Å². The first-order chi connectivity index (χ1) is 6.47. The minimum atomic E-state index is -0.420. The average molecular weight is 188 g/mol. The molecule has 1 atom stereocenters. The van der Waals surface area contributed by atoms with Crippen molar-refractivity contribution >= 4 is 0 Å². The summed E-state index contributed by atoms with van der Waals surface area (Å²) in [6, 6.07) is 10.2. The maximum Gasteiger partial charge on any atom is 0.0766 e. The van der Waals surface area contributed by atoms with Crippen LogP contribution in [0.15, 0.2) is 24.3 Å². The monoisotopic (exact) mass is 188 g/mol. The summed E-state index contributed by atoms with van der Waals surface area (Å²) in [5.74, 6) is 0. The highest BCUT2D eigenvalue weighted by Gasteiger charge is 2.19. The van der Waals surface area contributed by atoms with Crippen LogP contribution in [0, 0.1) is 11.3 Å². The highest BCUT2D eigenvalue weighted by Crippen LogP contribution is 2.23. The van der Waals surface area contributed by atoms with Crippen molar-refractivity contribution in [3.05, 3.63) is 35.4 Å². The van der Waals surface area contributed by atoms with E-state index in [2.05, 4.69) is 6.07 Å². The van der Waals surface area contributed by atoms with E-state index >= 15 is 0 Å². The third-order valence-electron chi connectivity index (χ3n) is 2.44. The van der Waals surface area contributed by atoms with Crippen molar-refractivity contribution in [2.24, 2.45) is 5.73 Å². The van der Waals surface area contributed by atoms with E-state index in [0.717, 1.165) is 11.1 Å². The zero-order valence-electron chi connectivity index (χ0n) is 8.91. The van der Waals surface area contributed by atoms with Crippen LogP contribution in [0.3, 0.4) is 0 Å². The van der Waals surface area contributed by atoms with Gasteiger partial charge in [0.1, 0.15) is 0 Å². The smallest absolute Gasteiger partial charge is 0.0766 e. The number of hydrogen-bond donors (Lipinski definition) is 1. The largest absolute Gasteiger partial charge is 0.324 e. The van der Waals surface area contributed by atoms with Crippen LogP contribution in [0.4, 0.5) is 0 Å². The minimum Gasteiger partial charge on any atom is -0.324 e. The number of nitriles is 1. The second kappa shape index (κ2) is 3.81. The lowest BCUT2D eigenvalue weighted by Gasteiger charge is -2.16. The Bertz CT molecular complexity index is 342. The van der Waals surface area contributed by atoms with Crippen LogP contribution in [0.5, 0.6) is 0 Å². The molecule has 0 aliphatic rings. The van der Waals surface area contributed by atoms with Gasteiger partial charge in [-0.05, 0) is 31.9 Å². The third-order valence-corrected chi connectivity index (χ3v) is 2.44. The second-order valence-corrected chi connectivity index (χ2v) is 4.15. The Morgan fingerprint density at radius 1 is 1.29 bits per heavy atom. The molecule has 0 saturated heterocycles. The van der Waals surface area contributed by atoms with E-state index in [1.165, 1.54) is 0 Å². The minimum absolute atomic E-state index is 0.0502. The van der Waals surface area contributed by atoms with Gasteiger partial charge in [-0.1, -0.05) is 24.3 Å². The lowest BCUT2D eigenvalue weighted by molar-refractivity contribution is 0.685. The van der Waals surface area contributed by atoms with Crippen molar-refractivity contribution in [3.63, 3.8) is 0 Å². The molecule has 0 saturated carbocycles. The van der Waals surface area contributed by atoms with E-state index in [9.17, 15) is 0 Å². The standard InChI is InChI=1S/C12H16N2/c1-9(14)10-4-6-11(7-5-10)12(2,3)8-13/h4-7,9H,14H2,1-3H3/t9-/m1/s1. The molecule has 0 aliphatic heterocycles. The van der Waals surface area contributed by atoms with E-state index in [1.54, 1.807) is 0 Å². The van der Waals surface area contributed by atoms with E-state index in [4.69, 9.17) is 11.0 Å². The Kier molecular flexibility index (Phi) is 2.93. The zero-order chi connectivity index (χ0) is 10.8. The molecule has 0 heterocycles. The Balaban J connectivity index is 3.01. The van der Waals surface area contributed by atoms with Crippen LogP contribution in [-0.2, 0) is 5.41 Å². The summed E-state index contributed by atoms with van der Waals surface area (Å²) >= 11 is 0. The molecular formula is C12H16N2. The van der Waals surface area contributed by atoms with Gasteiger partial charge < -0.3 is 5.73 Å². The molecule has 1 aromatic carbocycles. The van der Waals surface area contributed by atoms with Crippen LogP contribution in [-0.4, -0.2) is 0 Å². The van der Waals surface area contributed by atoms with Crippen molar-refractivity contribution < 1.29 is 0 Å². The van der Waals surface area contributed by atoms with Crippen LogP contribution in [0.1, 0.15) is 37.9 Å². The molecule has 0 aliphatic carbocycles. The topological polar surface area (TPSA) is 49.8 Å². The summed E-state index contributed by atoms with van der Waals surface area (Å²) < 4.78 is 0. The van der Waals surface area contributed by atoms with Gasteiger partial charge in [0.15, 0.2) is 0 Å². The molecule has 74 valence electrons. The molecule has 0 radical (unpaired) electrons. The maximum atomic E-state index is 8.95. The van der Waals surface area contributed by atoms with Crippen LogP contribution in [0.2, 0.25) is 0 Å². The predicted molar refractivity (Wildman–Crippen MR) is 57.7 cm³/mol. The second-order valence-electron chi connectivity index (χ2n) is 4.15. The van der Waals surface area contributed by atoms with Gasteiger partial charge in [-0.2, -0.15) is 5.26 Å². The van der Waals surface area contributed by atoms with Crippen LogP contribution < -0.4 is 5.73 Å².